The van der Waals surface area contributed by atoms with Gasteiger partial charge in [-0.3, -0.25) is 0 Å². The number of nitrogens with zero attached hydrogens (tertiary/aromatic N) is 3. The van der Waals surface area contributed by atoms with Crippen LogP contribution in [0.25, 0.3) is 0 Å². The third-order valence-electron chi connectivity index (χ3n) is 2.01. The number of halogens is 1. The highest BCUT2D eigenvalue weighted by molar-refractivity contribution is 5.95. The van der Waals surface area contributed by atoms with Crippen molar-refractivity contribution in [1.82, 2.24) is 9.97 Å². The second-order valence-electron chi connectivity index (χ2n) is 3.27. The van der Waals surface area contributed by atoms with E-state index in [4.69, 9.17) is 15.7 Å². The van der Waals surface area contributed by atoms with E-state index >= 15 is 0 Å². The van der Waals surface area contributed by atoms with Crippen molar-refractivity contribution in [3.63, 3.8) is 0 Å². The predicted molar refractivity (Wildman–Crippen MR) is 61.0 cm³/mol. The maximum absolute atomic E-state index is 12.9. The number of nitrogens with two attached hydrogens (primary N) is 1. The van der Waals surface area contributed by atoms with Crippen molar-refractivity contribution in [2.45, 2.75) is 0 Å². The molecular formula is C11H9FN4O2. The fourth-order valence-corrected chi connectivity index (χ4v) is 1.22. The van der Waals surface area contributed by atoms with Crippen LogP contribution in [-0.2, 0) is 0 Å². The molecule has 0 aliphatic heterocycles. The molecule has 0 spiro atoms. The molecule has 0 radical (unpaired) electrons. The van der Waals surface area contributed by atoms with E-state index in [1.165, 1.54) is 30.5 Å². The number of aromatic nitrogens is 2. The van der Waals surface area contributed by atoms with Gasteiger partial charge in [-0.15, -0.1) is 0 Å². The van der Waals surface area contributed by atoms with E-state index in [0.717, 1.165) is 0 Å². The smallest absolute Gasteiger partial charge is 0.322 e. The summed E-state index contributed by atoms with van der Waals surface area (Å²) in [6.45, 7) is 0. The molecule has 1 heterocycles. The Morgan fingerprint density at radius 1 is 1.39 bits per heavy atom. The molecule has 7 heteroatoms. The van der Waals surface area contributed by atoms with Gasteiger partial charge < -0.3 is 15.7 Å². The molecule has 0 atom stereocenters. The van der Waals surface area contributed by atoms with Gasteiger partial charge in [-0.25, -0.2) is 9.37 Å². The zero-order valence-corrected chi connectivity index (χ0v) is 9.12. The van der Waals surface area contributed by atoms with Gasteiger partial charge in [-0.1, -0.05) is 11.2 Å². The van der Waals surface area contributed by atoms with Gasteiger partial charge >= 0.3 is 6.01 Å². The van der Waals surface area contributed by atoms with E-state index in [9.17, 15) is 4.39 Å². The Bertz CT molecular complexity index is 589. The normalized spacial score (nSPS) is 11.3. The van der Waals surface area contributed by atoms with Crippen LogP contribution in [0.1, 0.15) is 5.69 Å². The third-order valence-corrected chi connectivity index (χ3v) is 2.01. The van der Waals surface area contributed by atoms with Gasteiger partial charge in [0.05, 0.1) is 0 Å². The van der Waals surface area contributed by atoms with Gasteiger partial charge in [0.1, 0.15) is 17.3 Å². The first kappa shape index (κ1) is 11.8. The van der Waals surface area contributed by atoms with Gasteiger partial charge in [-0.2, -0.15) is 4.98 Å². The van der Waals surface area contributed by atoms with Crippen LogP contribution in [-0.4, -0.2) is 21.0 Å². The van der Waals surface area contributed by atoms with Crippen LogP contribution in [0.15, 0.2) is 41.7 Å². The second kappa shape index (κ2) is 5.09. The zero-order chi connectivity index (χ0) is 13.0. The predicted octanol–water partition coefficient (Wildman–Crippen LogP) is 1.50. The number of hydrogen-bond donors (Lipinski definition) is 2. The lowest BCUT2D eigenvalue weighted by molar-refractivity contribution is 0.318. The lowest BCUT2D eigenvalue weighted by atomic mass is 10.3. The van der Waals surface area contributed by atoms with Crippen molar-refractivity contribution in [3.8, 4) is 11.8 Å². The molecule has 0 saturated carbocycles. The standard InChI is InChI=1S/C11H9FN4O2/c12-7-2-1-3-8(6-7)18-11-14-5-4-9(15-11)10(13)16-17/h1-6,17H,(H2,13,16). The van der Waals surface area contributed by atoms with Crippen LogP contribution >= 0.6 is 0 Å². The maximum Gasteiger partial charge on any atom is 0.322 e. The van der Waals surface area contributed by atoms with E-state index < -0.39 is 5.82 Å². The van der Waals surface area contributed by atoms with Gasteiger partial charge in [0.25, 0.3) is 0 Å². The van der Waals surface area contributed by atoms with Crippen LogP contribution in [0.5, 0.6) is 11.8 Å². The Morgan fingerprint density at radius 3 is 2.94 bits per heavy atom. The Labute approximate surface area is 102 Å². The lowest BCUT2D eigenvalue weighted by Gasteiger charge is -2.04. The average Bonchev–Trinajstić information content (AvgIpc) is 2.38. The Hall–Kier alpha value is -2.70. The molecule has 3 N–H and O–H groups in total. The molecule has 0 unspecified atom stereocenters. The fraction of sp³-hybridized carbons (Fsp3) is 0. The monoisotopic (exact) mass is 248 g/mol. The van der Waals surface area contributed by atoms with Crippen LogP contribution in [0, 0.1) is 5.82 Å². The van der Waals surface area contributed by atoms with E-state index in [1.54, 1.807) is 6.07 Å². The van der Waals surface area contributed by atoms with Crippen molar-refractivity contribution >= 4 is 5.84 Å². The van der Waals surface area contributed by atoms with Gasteiger partial charge in [-0.05, 0) is 18.2 Å². The van der Waals surface area contributed by atoms with Crippen LogP contribution in [0.3, 0.4) is 0 Å². The topological polar surface area (TPSA) is 93.6 Å². The van der Waals surface area contributed by atoms with Gasteiger partial charge in [0.2, 0.25) is 0 Å². The van der Waals surface area contributed by atoms with Crippen molar-refractivity contribution in [2.75, 3.05) is 0 Å². The molecule has 2 aromatic rings. The first-order valence-electron chi connectivity index (χ1n) is 4.93. The minimum absolute atomic E-state index is 0.0234. The summed E-state index contributed by atoms with van der Waals surface area (Å²) in [7, 11) is 0. The molecule has 18 heavy (non-hydrogen) atoms. The summed E-state index contributed by atoms with van der Waals surface area (Å²) in [6.07, 6.45) is 1.38. The second-order valence-corrected chi connectivity index (χ2v) is 3.27. The molecule has 0 fully saturated rings. The Balaban J connectivity index is 2.24. The molecule has 92 valence electrons. The van der Waals surface area contributed by atoms with Crippen LogP contribution in [0.4, 0.5) is 4.39 Å². The van der Waals surface area contributed by atoms with Crippen molar-refractivity contribution in [1.29, 1.82) is 0 Å². The van der Waals surface area contributed by atoms with E-state index in [1.807, 2.05) is 0 Å². The van der Waals surface area contributed by atoms with Crippen LogP contribution in [0.2, 0.25) is 0 Å². The highest BCUT2D eigenvalue weighted by Gasteiger charge is 2.06. The molecule has 1 aromatic heterocycles. The summed E-state index contributed by atoms with van der Waals surface area (Å²) < 4.78 is 18.2. The summed E-state index contributed by atoms with van der Waals surface area (Å²) in [5.74, 6) is -0.340. The minimum Gasteiger partial charge on any atom is -0.424 e. The van der Waals surface area contributed by atoms with Gasteiger partial charge in [0.15, 0.2) is 5.84 Å². The first-order chi connectivity index (χ1) is 8.69. The summed E-state index contributed by atoms with van der Waals surface area (Å²) >= 11 is 0. The third kappa shape index (κ3) is 2.70. The minimum atomic E-state index is -0.430. The number of ether oxygens (including phenoxy) is 1. The number of rotatable bonds is 3. The van der Waals surface area contributed by atoms with Crippen molar-refractivity contribution in [3.05, 3.63) is 48.0 Å². The molecule has 0 saturated heterocycles. The van der Waals surface area contributed by atoms with E-state index in [-0.39, 0.29) is 23.3 Å². The number of benzene rings is 1. The molecule has 0 amide bonds. The largest absolute Gasteiger partial charge is 0.424 e. The highest BCUT2D eigenvalue weighted by Crippen LogP contribution is 2.18. The molecule has 0 bridgehead atoms. The number of hydrogen-bond acceptors (Lipinski definition) is 5. The lowest BCUT2D eigenvalue weighted by Crippen LogP contribution is -2.15. The fourth-order valence-electron chi connectivity index (χ4n) is 1.22. The molecule has 0 aliphatic carbocycles. The molecule has 2 rings (SSSR count). The SMILES string of the molecule is N/C(=N/O)c1ccnc(Oc2cccc(F)c2)n1. The summed E-state index contributed by atoms with van der Waals surface area (Å²) in [6, 6.07) is 6.97. The average molecular weight is 248 g/mol. The number of oxime groups is 1. The molecule has 0 aliphatic rings. The molecule has 1 aromatic carbocycles. The van der Waals surface area contributed by atoms with Crippen molar-refractivity contribution in [2.24, 2.45) is 10.9 Å². The summed E-state index contributed by atoms with van der Waals surface area (Å²) in [5.41, 5.74) is 5.58. The Morgan fingerprint density at radius 2 is 2.22 bits per heavy atom. The number of amidine groups is 1. The maximum atomic E-state index is 12.9. The van der Waals surface area contributed by atoms with E-state index in [2.05, 4.69) is 15.1 Å². The quantitative estimate of drug-likeness (QED) is 0.371. The van der Waals surface area contributed by atoms with E-state index in [0.29, 0.717) is 0 Å². The van der Waals surface area contributed by atoms with Crippen molar-refractivity contribution < 1.29 is 14.3 Å². The Kier molecular flexibility index (Phi) is 3.33. The first-order valence-corrected chi connectivity index (χ1v) is 4.93. The molecular weight excluding hydrogens is 239 g/mol. The van der Waals surface area contributed by atoms with Gasteiger partial charge in [0, 0.05) is 12.3 Å². The summed E-state index contributed by atoms with van der Waals surface area (Å²) in [4.78, 5) is 7.73. The summed E-state index contributed by atoms with van der Waals surface area (Å²) in [5, 5.41) is 11.3. The van der Waals surface area contributed by atoms with Crippen LogP contribution < -0.4 is 10.5 Å². The highest BCUT2D eigenvalue weighted by atomic mass is 19.1. The zero-order valence-electron chi connectivity index (χ0n) is 9.12. The molecule has 6 nitrogen and oxygen atoms in total.